The average molecular weight is 233 g/mol. The van der Waals surface area contributed by atoms with Crippen LogP contribution in [0.5, 0.6) is 0 Å². The number of thiophene rings is 1. The fraction of sp³-hybridized carbons (Fsp3) is 0.100. The van der Waals surface area contributed by atoms with Crippen molar-refractivity contribution in [3.8, 4) is 17.3 Å². The number of hydrogen-bond donors (Lipinski definition) is 1. The third kappa shape index (κ3) is 2.10. The van der Waals surface area contributed by atoms with Gasteiger partial charge in [-0.05, 0) is 12.1 Å². The average Bonchev–Trinajstić information content (AvgIpc) is 2.83. The summed E-state index contributed by atoms with van der Waals surface area (Å²) >= 11 is 1.34. The van der Waals surface area contributed by atoms with E-state index >= 15 is 0 Å². The van der Waals surface area contributed by atoms with Crippen molar-refractivity contribution >= 4 is 17.3 Å². The van der Waals surface area contributed by atoms with Crippen LogP contribution in [-0.4, -0.2) is 20.9 Å². The molecule has 5 nitrogen and oxygen atoms in total. The summed E-state index contributed by atoms with van der Waals surface area (Å²) in [5.41, 5.74) is 1.52. The molecule has 0 spiro atoms. The second-order valence-electron chi connectivity index (χ2n) is 3.10. The number of rotatable bonds is 3. The zero-order valence-corrected chi connectivity index (χ0v) is 8.94. The lowest BCUT2D eigenvalue weighted by Gasteiger charge is -1.94. The lowest BCUT2D eigenvalue weighted by Crippen LogP contribution is -2.08. The SMILES string of the molecule is N#Cc1cc(-c2ccn(CC(=O)O)n2)cs1. The van der Waals surface area contributed by atoms with E-state index in [9.17, 15) is 4.79 Å². The highest BCUT2D eigenvalue weighted by Crippen LogP contribution is 2.23. The third-order valence-electron chi connectivity index (χ3n) is 1.94. The van der Waals surface area contributed by atoms with Gasteiger partial charge in [-0.2, -0.15) is 10.4 Å². The van der Waals surface area contributed by atoms with E-state index in [1.807, 2.05) is 11.4 Å². The van der Waals surface area contributed by atoms with Gasteiger partial charge in [0.25, 0.3) is 0 Å². The van der Waals surface area contributed by atoms with Crippen molar-refractivity contribution in [3.63, 3.8) is 0 Å². The summed E-state index contributed by atoms with van der Waals surface area (Å²) in [7, 11) is 0. The van der Waals surface area contributed by atoms with Crippen molar-refractivity contribution < 1.29 is 9.90 Å². The van der Waals surface area contributed by atoms with E-state index in [-0.39, 0.29) is 6.54 Å². The maximum absolute atomic E-state index is 10.5. The van der Waals surface area contributed by atoms with Gasteiger partial charge < -0.3 is 5.11 Å². The van der Waals surface area contributed by atoms with Crippen LogP contribution in [0.4, 0.5) is 0 Å². The van der Waals surface area contributed by atoms with Gasteiger partial charge in [0.15, 0.2) is 0 Å². The Morgan fingerprint density at radius 1 is 1.69 bits per heavy atom. The van der Waals surface area contributed by atoms with Crippen LogP contribution in [0.3, 0.4) is 0 Å². The molecule has 2 aromatic heterocycles. The minimum atomic E-state index is -0.933. The molecule has 0 atom stereocenters. The Morgan fingerprint density at radius 2 is 2.50 bits per heavy atom. The van der Waals surface area contributed by atoms with Gasteiger partial charge >= 0.3 is 5.97 Å². The first-order chi connectivity index (χ1) is 7.69. The molecule has 2 rings (SSSR count). The molecule has 2 aromatic rings. The van der Waals surface area contributed by atoms with Gasteiger partial charge in [0.05, 0.1) is 5.69 Å². The van der Waals surface area contributed by atoms with Gasteiger partial charge in [0.2, 0.25) is 0 Å². The number of nitriles is 1. The highest BCUT2D eigenvalue weighted by molar-refractivity contribution is 7.10. The predicted octanol–water partition coefficient (Wildman–Crippen LogP) is 1.57. The maximum Gasteiger partial charge on any atom is 0.325 e. The van der Waals surface area contributed by atoms with Crippen LogP contribution in [0.15, 0.2) is 23.7 Å². The number of aromatic nitrogens is 2. The first-order valence-corrected chi connectivity index (χ1v) is 5.31. The molecule has 80 valence electrons. The Labute approximate surface area is 95.2 Å². The minimum Gasteiger partial charge on any atom is -0.480 e. The minimum absolute atomic E-state index is 0.157. The van der Waals surface area contributed by atoms with E-state index in [1.54, 1.807) is 18.3 Å². The van der Waals surface area contributed by atoms with Crippen molar-refractivity contribution in [2.75, 3.05) is 0 Å². The summed E-state index contributed by atoms with van der Waals surface area (Å²) in [6, 6.07) is 5.51. The summed E-state index contributed by atoms with van der Waals surface area (Å²) in [5.74, 6) is -0.933. The summed E-state index contributed by atoms with van der Waals surface area (Å²) in [5, 5.41) is 23.2. The van der Waals surface area contributed by atoms with Crippen LogP contribution in [0.1, 0.15) is 4.88 Å². The number of carboxylic acids is 1. The molecule has 6 heteroatoms. The predicted molar refractivity (Wildman–Crippen MR) is 57.9 cm³/mol. The maximum atomic E-state index is 10.5. The van der Waals surface area contributed by atoms with Gasteiger partial charge in [0, 0.05) is 17.1 Å². The molecule has 2 heterocycles. The Kier molecular flexibility index (Phi) is 2.70. The Balaban J connectivity index is 2.25. The van der Waals surface area contributed by atoms with Crippen LogP contribution in [-0.2, 0) is 11.3 Å². The Bertz CT molecular complexity index is 565. The summed E-state index contributed by atoms with van der Waals surface area (Å²) in [6.45, 7) is -0.157. The first kappa shape index (κ1) is 10.4. The molecule has 0 unspecified atom stereocenters. The lowest BCUT2D eigenvalue weighted by molar-refractivity contribution is -0.137. The molecule has 0 amide bonds. The van der Waals surface area contributed by atoms with Gasteiger partial charge in [-0.15, -0.1) is 11.3 Å². The van der Waals surface area contributed by atoms with Gasteiger partial charge in [-0.25, -0.2) is 0 Å². The van der Waals surface area contributed by atoms with E-state index in [2.05, 4.69) is 5.10 Å². The van der Waals surface area contributed by atoms with Crippen molar-refractivity contribution in [1.82, 2.24) is 9.78 Å². The molecule has 0 aliphatic rings. The number of nitrogens with zero attached hydrogens (tertiary/aromatic N) is 3. The Morgan fingerprint density at radius 3 is 3.12 bits per heavy atom. The van der Waals surface area contributed by atoms with E-state index < -0.39 is 5.97 Å². The summed E-state index contributed by atoms with van der Waals surface area (Å²) in [4.78, 5) is 11.1. The molecule has 0 aromatic carbocycles. The van der Waals surface area contributed by atoms with Crippen LogP contribution in [0.2, 0.25) is 0 Å². The van der Waals surface area contributed by atoms with E-state index in [4.69, 9.17) is 10.4 Å². The second kappa shape index (κ2) is 4.16. The zero-order chi connectivity index (χ0) is 11.5. The molecule has 0 saturated carbocycles. The van der Waals surface area contributed by atoms with Gasteiger partial charge in [-0.1, -0.05) is 0 Å². The molecule has 0 saturated heterocycles. The summed E-state index contributed by atoms with van der Waals surface area (Å²) < 4.78 is 1.35. The highest BCUT2D eigenvalue weighted by Gasteiger charge is 2.07. The van der Waals surface area contributed by atoms with Crippen molar-refractivity contribution in [1.29, 1.82) is 5.26 Å². The first-order valence-electron chi connectivity index (χ1n) is 4.43. The van der Waals surface area contributed by atoms with E-state index in [0.29, 0.717) is 10.6 Å². The molecule has 16 heavy (non-hydrogen) atoms. The molecule has 1 N–H and O–H groups in total. The third-order valence-corrected chi connectivity index (χ3v) is 2.78. The molecule has 0 fully saturated rings. The Hall–Kier alpha value is -2.13. The highest BCUT2D eigenvalue weighted by atomic mass is 32.1. The molecular weight excluding hydrogens is 226 g/mol. The van der Waals surface area contributed by atoms with Crippen LogP contribution >= 0.6 is 11.3 Å². The topological polar surface area (TPSA) is 78.9 Å². The largest absolute Gasteiger partial charge is 0.480 e. The van der Waals surface area contributed by atoms with Crippen LogP contribution in [0.25, 0.3) is 11.3 Å². The quantitative estimate of drug-likeness (QED) is 0.872. The van der Waals surface area contributed by atoms with Crippen LogP contribution in [0, 0.1) is 11.3 Å². The molecule has 0 bridgehead atoms. The fourth-order valence-electron chi connectivity index (χ4n) is 1.27. The number of aliphatic carboxylic acids is 1. The smallest absolute Gasteiger partial charge is 0.325 e. The van der Waals surface area contributed by atoms with E-state index in [0.717, 1.165) is 5.56 Å². The number of hydrogen-bond acceptors (Lipinski definition) is 4. The lowest BCUT2D eigenvalue weighted by atomic mass is 10.2. The number of carboxylic acid groups (broad SMARTS) is 1. The van der Waals surface area contributed by atoms with Crippen LogP contribution < -0.4 is 0 Å². The van der Waals surface area contributed by atoms with Gasteiger partial charge in [0.1, 0.15) is 17.5 Å². The van der Waals surface area contributed by atoms with E-state index in [1.165, 1.54) is 16.0 Å². The zero-order valence-electron chi connectivity index (χ0n) is 8.12. The molecule has 0 aliphatic carbocycles. The summed E-state index contributed by atoms with van der Waals surface area (Å²) in [6.07, 6.45) is 1.60. The monoisotopic (exact) mass is 233 g/mol. The van der Waals surface area contributed by atoms with Crippen molar-refractivity contribution in [2.24, 2.45) is 0 Å². The van der Waals surface area contributed by atoms with Crippen molar-refractivity contribution in [2.45, 2.75) is 6.54 Å². The molecule has 0 aliphatic heterocycles. The molecular formula is C10H7N3O2S. The van der Waals surface area contributed by atoms with Gasteiger partial charge in [-0.3, -0.25) is 9.48 Å². The second-order valence-corrected chi connectivity index (χ2v) is 4.01. The fourth-order valence-corrected chi connectivity index (χ4v) is 1.96. The van der Waals surface area contributed by atoms with Crippen molar-refractivity contribution in [3.05, 3.63) is 28.6 Å². The number of carbonyl (C=O) groups is 1. The standard InChI is InChI=1S/C10H7N3O2S/c11-4-8-3-7(6-16-8)9-1-2-13(12-9)5-10(14)15/h1-3,6H,5H2,(H,14,15). The normalized spacial score (nSPS) is 9.94. The molecule has 0 radical (unpaired) electrons.